The fourth-order valence-corrected chi connectivity index (χ4v) is 2.85. The molecule has 0 unspecified atom stereocenters. The van der Waals surface area contributed by atoms with Gasteiger partial charge in [0.25, 0.3) is 0 Å². The number of aryl methyl sites for hydroxylation is 1. The van der Waals surface area contributed by atoms with Crippen LogP contribution < -0.4 is 0 Å². The Hall–Kier alpha value is -2.11. The van der Waals surface area contributed by atoms with E-state index in [-0.39, 0.29) is 13.1 Å². The lowest BCUT2D eigenvalue weighted by Gasteiger charge is -2.24. The fraction of sp³-hybridized carbons (Fsp3) is 0.529. The number of likely N-dealkylation sites (tertiary alicyclic amines) is 1. The van der Waals surface area contributed by atoms with Crippen molar-refractivity contribution in [1.82, 2.24) is 4.90 Å². The topological polar surface area (TPSA) is 66.8 Å². The van der Waals surface area contributed by atoms with Crippen LogP contribution in [0.3, 0.4) is 0 Å². The van der Waals surface area contributed by atoms with Crippen LogP contribution in [-0.2, 0) is 9.53 Å². The van der Waals surface area contributed by atoms with Crippen LogP contribution in [-0.4, -0.2) is 40.8 Å². The summed E-state index contributed by atoms with van der Waals surface area (Å²) in [4.78, 5) is 25.1. The molecule has 23 heavy (non-hydrogen) atoms. The lowest BCUT2D eigenvalue weighted by molar-refractivity contribution is -0.141. The normalized spacial score (nSPS) is 21.3. The average Bonchev–Trinajstić information content (AvgIpc) is 2.80. The first-order valence-corrected chi connectivity index (χ1v) is 7.54. The number of nitrogens with zero attached hydrogens (tertiary/aromatic N) is 1. The van der Waals surface area contributed by atoms with Crippen molar-refractivity contribution in [2.75, 3.05) is 13.1 Å². The monoisotopic (exact) mass is 323 g/mol. The zero-order chi connectivity index (χ0) is 17.4. The summed E-state index contributed by atoms with van der Waals surface area (Å²) in [6, 6.07) is 4.49. The molecular formula is C17H22FNO4. The Morgan fingerprint density at radius 3 is 2.43 bits per heavy atom. The predicted molar refractivity (Wildman–Crippen MR) is 82.8 cm³/mol. The molecule has 1 saturated heterocycles. The summed E-state index contributed by atoms with van der Waals surface area (Å²) in [5.74, 6) is -2.62. The zero-order valence-electron chi connectivity index (χ0n) is 13.8. The summed E-state index contributed by atoms with van der Waals surface area (Å²) < 4.78 is 18.9. The number of carbonyl (C=O) groups is 2. The van der Waals surface area contributed by atoms with Gasteiger partial charge in [-0.2, -0.15) is 0 Å². The van der Waals surface area contributed by atoms with Gasteiger partial charge in [-0.25, -0.2) is 9.18 Å². The van der Waals surface area contributed by atoms with Crippen LogP contribution in [0.4, 0.5) is 9.18 Å². The first kappa shape index (κ1) is 17.2. The molecule has 5 nitrogen and oxygen atoms in total. The van der Waals surface area contributed by atoms with Gasteiger partial charge in [-0.3, -0.25) is 4.79 Å². The molecule has 0 spiro atoms. The summed E-state index contributed by atoms with van der Waals surface area (Å²) in [5.41, 5.74) is 0.671. The van der Waals surface area contributed by atoms with Crippen molar-refractivity contribution in [2.24, 2.45) is 5.92 Å². The molecular weight excluding hydrogens is 301 g/mol. The lowest BCUT2D eigenvalue weighted by atomic mass is 9.88. The maximum absolute atomic E-state index is 13.6. The van der Waals surface area contributed by atoms with Crippen LogP contribution in [0.5, 0.6) is 0 Å². The van der Waals surface area contributed by atoms with Crippen LogP contribution in [0.2, 0.25) is 0 Å². The molecule has 1 aliphatic heterocycles. The van der Waals surface area contributed by atoms with E-state index in [4.69, 9.17) is 4.74 Å². The third-order valence-corrected chi connectivity index (χ3v) is 3.78. The Kier molecular flexibility index (Phi) is 4.63. The van der Waals surface area contributed by atoms with Crippen molar-refractivity contribution in [2.45, 2.75) is 39.2 Å². The summed E-state index contributed by atoms with van der Waals surface area (Å²) >= 11 is 0. The van der Waals surface area contributed by atoms with Gasteiger partial charge in [-0.05, 0) is 51.0 Å². The van der Waals surface area contributed by atoms with E-state index in [0.29, 0.717) is 5.56 Å². The van der Waals surface area contributed by atoms with Gasteiger partial charge in [0.1, 0.15) is 11.4 Å². The number of carboxylic acids is 1. The largest absolute Gasteiger partial charge is 0.481 e. The second kappa shape index (κ2) is 6.18. The Balaban J connectivity index is 2.25. The molecule has 1 fully saturated rings. The summed E-state index contributed by atoms with van der Waals surface area (Å²) in [6.07, 6.45) is -0.542. The highest BCUT2D eigenvalue weighted by Crippen LogP contribution is 2.34. The third kappa shape index (κ3) is 4.21. The first-order chi connectivity index (χ1) is 10.6. The Morgan fingerprint density at radius 1 is 1.26 bits per heavy atom. The molecule has 0 aliphatic carbocycles. The smallest absolute Gasteiger partial charge is 0.410 e. The van der Waals surface area contributed by atoms with Gasteiger partial charge in [0.2, 0.25) is 0 Å². The summed E-state index contributed by atoms with van der Waals surface area (Å²) in [6.45, 7) is 7.28. The molecule has 2 rings (SSSR count). The first-order valence-electron chi connectivity index (χ1n) is 7.54. The summed E-state index contributed by atoms with van der Waals surface area (Å²) in [7, 11) is 0. The number of benzene rings is 1. The molecule has 0 radical (unpaired) electrons. The average molecular weight is 323 g/mol. The minimum atomic E-state index is -0.997. The van der Waals surface area contributed by atoms with Crippen LogP contribution in [0.25, 0.3) is 0 Å². The Labute approximate surface area is 135 Å². The lowest BCUT2D eigenvalue weighted by Crippen LogP contribution is -2.35. The molecule has 1 heterocycles. The van der Waals surface area contributed by atoms with E-state index in [1.807, 2.05) is 0 Å². The van der Waals surface area contributed by atoms with Crippen LogP contribution in [0.15, 0.2) is 18.2 Å². The van der Waals surface area contributed by atoms with Crippen molar-refractivity contribution in [3.63, 3.8) is 0 Å². The minimum Gasteiger partial charge on any atom is -0.481 e. The molecule has 126 valence electrons. The fourth-order valence-electron chi connectivity index (χ4n) is 2.85. The molecule has 2 atom stereocenters. The summed E-state index contributed by atoms with van der Waals surface area (Å²) in [5, 5.41) is 9.44. The number of halogens is 1. The minimum absolute atomic E-state index is 0.0600. The standard InChI is InChI=1S/C17H22FNO4/c1-10-5-11(7-12(18)6-10)13-8-19(9-14(13)15(20)21)16(22)23-17(2,3)4/h5-7,13-14H,8-9H2,1-4H3,(H,20,21)/t13-,14+/m0/s1. The molecule has 0 aromatic heterocycles. The van der Waals surface area contributed by atoms with Crippen LogP contribution in [0.1, 0.15) is 37.8 Å². The maximum Gasteiger partial charge on any atom is 0.410 e. The van der Waals surface area contributed by atoms with Gasteiger partial charge in [-0.1, -0.05) is 6.07 Å². The van der Waals surface area contributed by atoms with Gasteiger partial charge in [0, 0.05) is 19.0 Å². The molecule has 0 bridgehead atoms. The number of aliphatic carboxylic acids is 1. The molecule has 0 saturated carbocycles. The van der Waals surface area contributed by atoms with Gasteiger partial charge < -0.3 is 14.7 Å². The quantitative estimate of drug-likeness (QED) is 0.908. The Bertz CT molecular complexity index is 603. The number of amides is 1. The Morgan fingerprint density at radius 2 is 1.91 bits per heavy atom. The number of hydrogen-bond donors (Lipinski definition) is 1. The predicted octanol–water partition coefficient (Wildman–Crippen LogP) is 3.17. The van der Waals surface area contributed by atoms with Gasteiger partial charge in [0.05, 0.1) is 5.92 Å². The second-order valence-corrected chi connectivity index (χ2v) is 7.00. The zero-order valence-corrected chi connectivity index (χ0v) is 13.8. The van der Waals surface area contributed by atoms with E-state index in [1.165, 1.54) is 17.0 Å². The third-order valence-electron chi connectivity index (χ3n) is 3.78. The van der Waals surface area contributed by atoms with Crippen LogP contribution >= 0.6 is 0 Å². The van der Waals surface area contributed by atoms with Crippen molar-refractivity contribution in [3.05, 3.63) is 35.1 Å². The SMILES string of the molecule is Cc1cc(F)cc([C@@H]2CN(C(=O)OC(C)(C)C)C[C@H]2C(=O)O)c1. The van der Waals surface area contributed by atoms with Gasteiger partial charge in [-0.15, -0.1) is 0 Å². The number of ether oxygens (including phenoxy) is 1. The molecule has 6 heteroatoms. The molecule has 1 aromatic rings. The van der Waals surface area contributed by atoms with E-state index >= 15 is 0 Å². The number of carbonyl (C=O) groups excluding carboxylic acids is 1. The molecule has 1 aliphatic rings. The van der Waals surface area contributed by atoms with Crippen molar-refractivity contribution in [1.29, 1.82) is 0 Å². The van der Waals surface area contributed by atoms with E-state index in [9.17, 15) is 19.1 Å². The number of hydrogen-bond acceptors (Lipinski definition) is 3. The van der Waals surface area contributed by atoms with Crippen LogP contribution in [0, 0.1) is 18.7 Å². The highest BCUT2D eigenvalue weighted by Gasteiger charge is 2.42. The van der Waals surface area contributed by atoms with Crippen molar-refractivity contribution < 1.29 is 23.8 Å². The van der Waals surface area contributed by atoms with Gasteiger partial charge in [0.15, 0.2) is 0 Å². The van der Waals surface area contributed by atoms with Crippen molar-refractivity contribution in [3.8, 4) is 0 Å². The number of rotatable bonds is 2. The highest BCUT2D eigenvalue weighted by atomic mass is 19.1. The van der Waals surface area contributed by atoms with E-state index in [2.05, 4.69) is 0 Å². The number of carboxylic acid groups (broad SMARTS) is 1. The molecule has 1 aromatic carbocycles. The van der Waals surface area contributed by atoms with E-state index in [1.54, 1.807) is 33.8 Å². The maximum atomic E-state index is 13.6. The second-order valence-electron chi connectivity index (χ2n) is 7.00. The van der Waals surface area contributed by atoms with Crippen molar-refractivity contribution >= 4 is 12.1 Å². The van der Waals surface area contributed by atoms with E-state index < -0.39 is 35.3 Å². The van der Waals surface area contributed by atoms with E-state index in [0.717, 1.165) is 5.56 Å². The van der Waals surface area contributed by atoms with Gasteiger partial charge >= 0.3 is 12.1 Å². The highest BCUT2D eigenvalue weighted by molar-refractivity contribution is 5.76. The molecule has 1 amide bonds. The molecule has 1 N–H and O–H groups in total.